The van der Waals surface area contributed by atoms with Crippen LogP contribution in [0.1, 0.15) is 17.3 Å². The average Bonchev–Trinajstić information content (AvgIpc) is 2.90. The van der Waals surface area contributed by atoms with Gasteiger partial charge in [-0.2, -0.15) is 5.10 Å². The Labute approximate surface area is 106 Å². The lowest BCUT2D eigenvalue weighted by molar-refractivity contribution is 0.0957. The van der Waals surface area contributed by atoms with E-state index in [4.69, 9.17) is 0 Å². The first kappa shape index (κ1) is 12.1. The summed E-state index contributed by atoms with van der Waals surface area (Å²) in [5.74, 6) is -0.0926. The summed E-state index contributed by atoms with van der Waals surface area (Å²) in [6, 6.07) is 9.15. The van der Waals surface area contributed by atoms with Crippen molar-refractivity contribution in [3.63, 3.8) is 0 Å². The van der Waals surface area contributed by atoms with Crippen LogP contribution in [0.25, 0.3) is 5.69 Å². The SMILES string of the molecule is C=C(C)CNC(=O)c1ccc(-n2cccn2)cc1. The third kappa shape index (κ3) is 2.85. The Bertz CT molecular complexity index is 541. The van der Waals surface area contributed by atoms with Crippen LogP contribution >= 0.6 is 0 Å². The van der Waals surface area contributed by atoms with Gasteiger partial charge in [0.15, 0.2) is 0 Å². The molecular formula is C14H15N3O. The van der Waals surface area contributed by atoms with Crippen LogP contribution in [0.3, 0.4) is 0 Å². The van der Waals surface area contributed by atoms with Gasteiger partial charge in [-0.25, -0.2) is 4.68 Å². The van der Waals surface area contributed by atoms with Crippen LogP contribution in [0, 0.1) is 0 Å². The topological polar surface area (TPSA) is 46.9 Å². The van der Waals surface area contributed by atoms with Crippen LogP contribution in [0.15, 0.2) is 54.9 Å². The van der Waals surface area contributed by atoms with E-state index in [-0.39, 0.29) is 5.91 Å². The van der Waals surface area contributed by atoms with Gasteiger partial charge in [0.25, 0.3) is 5.91 Å². The summed E-state index contributed by atoms with van der Waals surface area (Å²) in [6.07, 6.45) is 3.57. The molecule has 1 aromatic heterocycles. The van der Waals surface area contributed by atoms with E-state index in [1.165, 1.54) is 0 Å². The largest absolute Gasteiger partial charge is 0.348 e. The number of rotatable bonds is 4. The number of hydrogen-bond acceptors (Lipinski definition) is 2. The second-order valence-corrected chi connectivity index (χ2v) is 4.14. The van der Waals surface area contributed by atoms with Gasteiger partial charge in [0.05, 0.1) is 5.69 Å². The van der Waals surface area contributed by atoms with Gasteiger partial charge >= 0.3 is 0 Å². The molecule has 4 heteroatoms. The Morgan fingerprint density at radius 2 is 2.11 bits per heavy atom. The highest BCUT2D eigenvalue weighted by atomic mass is 16.1. The predicted molar refractivity (Wildman–Crippen MR) is 70.7 cm³/mol. The Balaban J connectivity index is 2.08. The lowest BCUT2D eigenvalue weighted by atomic mass is 10.2. The summed E-state index contributed by atoms with van der Waals surface area (Å²) >= 11 is 0. The summed E-state index contributed by atoms with van der Waals surface area (Å²) in [5, 5.41) is 6.92. The summed E-state index contributed by atoms with van der Waals surface area (Å²) in [6.45, 7) is 6.12. The van der Waals surface area contributed by atoms with E-state index in [1.54, 1.807) is 23.0 Å². The average molecular weight is 241 g/mol. The first-order valence-electron chi connectivity index (χ1n) is 5.69. The number of carbonyl (C=O) groups excluding carboxylic acids is 1. The van der Waals surface area contributed by atoms with E-state index in [1.807, 2.05) is 31.3 Å². The highest BCUT2D eigenvalue weighted by Gasteiger charge is 2.05. The molecule has 0 aliphatic carbocycles. The summed E-state index contributed by atoms with van der Waals surface area (Å²) < 4.78 is 1.75. The van der Waals surface area contributed by atoms with Crippen LogP contribution in [-0.2, 0) is 0 Å². The molecule has 0 atom stereocenters. The minimum atomic E-state index is -0.0926. The molecule has 0 fully saturated rings. The van der Waals surface area contributed by atoms with E-state index in [2.05, 4.69) is 17.0 Å². The standard InChI is InChI=1S/C14H15N3O/c1-11(2)10-15-14(18)12-4-6-13(7-5-12)17-9-3-8-16-17/h3-9H,1,10H2,2H3,(H,15,18). The number of benzene rings is 1. The van der Waals surface area contributed by atoms with Gasteiger partial charge in [-0.3, -0.25) is 4.79 Å². The molecule has 1 N–H and O–H groups in total. The highest BCUT2D eigenvalue weighted by Crippen LogP contribution is 2.08. The van der Waals surface area contributed by atoms with Crippen molar-refractivity contribution < 1.29 is 4.79 Å². The van der Waals surface area contributed by atoms with Crippen molar-refractivity contribution in [3.05, 3.63) is 60.4 Å². The molecule has 2 rings (SSSR count). The van der Waals surface area contributed by atoms with Crippen LogP contribution in [0.4, 0.5) is 0 Å². The maximum atomic E-state index is 11.8. The Kier molecular flexibility index (Phi) is 3.57. The zero-order chi connectivity index (χ0) is 13.0. The fourth-order valence-corrected chi connectivity index (χ4v) is 1.52. The molecule has 18 heavy (non-hydrogen) atoms. The van der Waals surface area contributed by atoms with Crippen LogP contribution in [-0.4, -0.2) is 22.2 Å². The van der Waals surface area contributed by atoms with Gasteiger partial charge in [0.1, 0.15) is 0 Å². The van der Waals surface area contributed by atoms with Gasteiger partial charge in [-0.1, -0.05) is 12.2 Å². The molecule has 1 aromatic carbocycles. The maximum absolute atomic E-state index is 11.8. The minimum Gasteiger partial charge on any atom is -0.348 e. The van der Waals surface area contributed by atoms with E-state index in [0.717, 1.165) is 11.3 Å². The Morgan fingerprint density at radius 1 is 1.39 bits per heavy atom. The third-order valence-corrected chi connectivity index (χ3v) is 2.45. The molecule has 1 amide bonds. The summed E-state index contributed by atoms with van der Waals surface area (Å²) in [5.41, 5.74) is 2.49. The molecule has 0 unspecified atom stereocenters. The Hall–Kier alpha value is -2.36. The number of hydrogen-bond donors (Lipinski definition) is 1. The second-order valence-electron chi connectivity index (χ2n) is 4.14. The molecule has 0 aliphatic heterocycles. The van der Waals surface area contributed by atoms with Crippen molar-refractivity contribution in [1.29, 1.82) is 0 Å². The summed E-state index contributed by atoms with van der Waals surface area (Å²) in [4.78, 5) is 11.8. The van der Waals surface area contributed by atoms with Crippen molar-refractivity contribution in [2.24, 2.45) is 0 Å². The molecule has 4 nitrogen and oxygen atoms in total. The van der Waals surface area contributed by atoms with Crippen LogP contribution < -0.4 is 5.32 Å². The van der Waals surface area contributed by atoms with Gasteiger partial charge in [0, 0.05) is 24.5 Å². The third-order valence-electron chi connectivity index (χ3n) is 2.45. The van der Waals surface area contributed by atoms with E-state index in [0.29, 0.717) is 12.1 Å². The lowest BCUT2D eigenvalue weighted by Gasteiger charge is -2.06. The van der Waals surface area contributed by atoms with Gasteiger partial charge in [0.2, 0.25) is 0 Å². The first-order valence-corrected chi connectivity index (χ1v) is 5.69. The second kappa shape index (κ2) is 5.31. The molecule has 0 saturated heterocycles. The van der Waals surface area contributed by atoms with Crippen molar-refractivity contribution in [2.75, 3.05) is 6.54 Å². The zero-order valence-corrected chi connectivity index (χ0v) is 10.3. The molecule has 0 aliphatic rings. The quantitative estimate of drug-likeness (QED) is 0.834. The van der Waals surface area contributed by atoms with Crippen molar-refractivity contribution in [1.82, 2.24) is 15.1 Å². The van der Waals surface area contributed by atoms with E-state index in [9.17, 15) is 4.79 Å². The van der Waals surface area contributed by atoms with Gasteiger partial charge in [-0.05, 0) is 37.3 Å². The Morgan fingerprint density at radius 3 is 2.67 bits per heavy atom. The zero-order valence-electron chi connectivity index (χ0n) is 10.3. The lowest BCUT2D eigenvalue weighted by Crippen LogP contribution is -2.24. The normalized spacial score (nSPS) is 10.1. The van der Waals surface area contributed by atoms with Crippen molar-refractivity contribution in [3.8, 4) is 5.69 Å². The number of carbonyl (C=O) groups is 1. The number of aromatic nitrogens is 2. The molecule has 92 valence electrons. The molecule has 0 bridgehead atoms. The fourth-order valence-electron chi connectivity index (χ4n) is 1.52. The molecular weight excluding hydrogens is 226 g/mol. The van der Waals surface area contributed by atoms with Gasteiger partial charge < -0.3 is 5.32 Å². The number of amides is 1. The van der Waals surface area contributed by atoms with Crippen molar-refractivity contribution >= 4 is 5.91 Å². The molecule has 2 aromatic rings. The number of nitrogens with one attached hydrogen (secondary N) is 1. The number of nitrogens with zero attached hydrogens (tertiary/aromatic N) is 2. The smallest absolute Gasteiger partial charge is 0.251 e. The van der Waals surface area contributed by atoms with E-state index >= 15 is 0 Å². The minimum absolute atomic E-state index is 0.0926. The highest BCUT2D eigenvalue weighted by molar-refractivity contribution is 5.94. The first-order chi connectivity index (χ1) is 8.66. The predicted octanol–water partition coefficient (Wildman–Crippen LogP) is 2.18. The summed E-state index contributed by atoms with van der Waals surface area (Å²) in [7, 11) is 0. The fraction of sp³-hybridized carbons (Fsp3) is 0.143. The monoisotopic (exact) mass is 241 g/mol. The maximum Gasteiger partial charge on any atom is 0.251 e. The molecule has 0 spiro atoms. The van der Waals surface area contributed by atoms with Crippen LogP contribution in [0.5, 0.6) is 0 Å². The van der Waals surface area contributed by atoms with Crippen molar-refractivity contribution in [2.45, 2.75) is 6.92 Å². The van der Waals surface area contributed by atoms with Gasteiger partial charge in [-0.15, -0.1) is 0 Å². The molecule has 0 saturated carbocycles. The molecule has 1 heterocycles. The van der Waals surface area contributed by atoms with E-state index < -0.39 is 0 Å². The molecule has 0 radical (unpaired) electrons. The van der Waals surface area contributed by atoms with Crippen LogP contribution in [0.2, 0.25) is 0 Å².